The molecule has 27 heavy (non-hydrogen) atoms. The number of aromatic nitrogens is 2. The third kappa shape index (κ3) is 4.61. The van der Waals surface area contributed by atoms with Crippen molar-refractivity contribution in [2.45, 2.75) is 20.4 Å². The number of para-hydroxylation sites is 2. The van der Waals surface area contributed by atoms with E-state index in [2.05, 4.69) is 39.7 Å². The first kappa shape index (κ1) is 18.4. The molecule has 1 amide bonds. The van der Waals surface area contributed by atoms with Gasteiger partial charge in [0, 0.05) is 12.6 Å². The van der Waals surface area contributed by atoms with Crippen molar-refractivity contribution in [3.8, 4) is 5.75 Å². The Bertz CT molecular complexity index is 956. The van der Waals surface area contributed by atoms with Crippen LogP contribution >= 0.6 is 0 Å². The lowest BCUT2D eigenvalue weighted by molar-refractivity contribution is 0.102. The van der Waals surface area contributed by atoms with Crippen LogP contribution in [0.3, 0.4) is 0 Å². The zero-order valence-corrected chi connectivity index (χ0v) is 15.6. The Labute approximate surface area is 158 Å². The lowest BCUT2D eigenvalue weighted by Gasteiger charge is -2.12. The zero-order chi connectivity index (χ0) is 19.2. The number of ether oxygens (including phenoxy) is 1. The molecule has 0 bridgehead atoms. The third-order valence-electron chi connectivity index (χ3n) is 4.15. The lowest BCUT2D eigenvalue weighted by Crippen LogP contribution is -2.16. The third-order valence-corrected chi connectivity index (χ3v) is 4.15. The molecule has 3 aromatic rings. The number of anilines is 2. The molecule has 0 aliphatic carbocycles. The van der Waals surface area contributed by atoms with Crippen LogP contribution in [0.5, 0.6) is 5.75 Å². The van der Waals surface area contributed by atoms with Crippen molar-refractivity contribution in [3.63, 3.8) is 0 Å². The number of hydrogen-bond donors (Lipinski definition) is 2. The number of nitrogens with zero attached hydrogens (tertiary/aromatic N) is 2. The minimum atomic E-state index is -0.316. The molecule has 2 aromatic carbocycles. The quantitative estimate of drug-likeness (QED) is 0.694. The van der Waals surface area contributed by atoms with Gasteiger partial charge in [0.2, 0.25) is 0 Å². The maximum absolute atomic E-state index is 12.6. The molecule has 0 atom stereocenters. The number of nitrogens with one attached hydrogen (secondary N) is 2. The summed E-state index contributed by atoms with van der Waals surface area (Å²) >= 11 is 0. The summed E-state index contributed by atoms with van der Waals surface area (Å²) in [7, 11) is 1.56. The molecule has 0 saturated carbocycles. The van der Waals surface area contributed by atoms with Crippen molar-refractivity contribution < 1.29 is 9.53 Å². The number of carbonyl (C=O) groups excluding carboxylic acids is 1. The summed E-state index contributed by atoms with van der Waals surface area (Å²) in [5.41, 5.74) is 3.26. The van der Waals surface area contributed by atoms with E-state index in [1.807, 2.05) is 24.3 Å². The second kappa shape index (κ2) is 8.31. The van der Waals surface area contributed by atoms with Gasteiger partial charge in [0.05, 0.1) is 12.8 Å². The van der Waals surface area contributed by atoms with E-state index in [0.717, 1.165) is 0 Å². The fourth-order valence-corrected chi connectivity index (χ4v) is 2.70. The van der Waals surface area contributed by atoms with Gasteiger partial charge in [0.25, 0.3) is 5.91 Å². The molecule has 138 valence electrons. The summed E-state index contributed by atoms with van der Waals surface area (Å²) in [5, 5.41) is 6.10. The highest BCUT2D eigenvalue weighted by molar-refractivity contribution is 6.04. The second-order valence-corrected chi connectivity index (χ2v) is 6.12. The molecule has 1 aromatic heterocycles. The van der Waals surface area contributed by atoms with Crippen LogP contribution in [0.1, 0.15) is 27.4 Å². The van der Waals surface area contributed by atoms with Crippen LogP contribution in [0.25, 0.3) is 0 Å². The van der Waals surface area contributed by atoms with Gasteiger partial charge in [-0.15, -0.1) is 0 Å². The smallest absolute Gasteiger partial charge is 0.274 e. The minimum Gasteiger partial charge on any atom is -0.495 e. The Hall–Kier alpha value is -3.41. The second-order valence-electron chi connectivity index (χ2n) is 6.12. The lowest BCUT2D eigenvalue weighted by atomic mass is 10.1. The Morgan fingerprint density at radius 1 is 1.04 bits per heavy atom. The van der Waals surface area contributed by atoms with E-state index in [1.165, 1.54) is 11.1 Å². The summed E-state index contributed by atoms with van der Waals surface area (Å²) in [6, 6.07) is 17.0. The first-order valence-electron chi connectivity index (χ1n) is 8.65. The molecule has 2 N–H and O–H groups in total. The van der Waals surface area contributed by atoms with Gasteiger partial charge in [-0.2, -0.15) is 0 Å². The topological polar surface area (TPSA) is 76.1 Å². The number of methoxy groups -OCH3 is 1. The molecule has 6 heteroatoms. The van der Waals surface area contributed by atoms with E-state index in [0.29, 0.717) is 35.3 Å². The molecular formula is C21H22N4O2. The van der Waals surface area contributed by atoms with E-state index < -0.39 is 0 Å². The molecule has 0 aliphatic rings. The van der Waals surface area contributed by atoms with Crippen LogP contribution in [-0.4, -0.2) is 23.0 Å². The summed E-state index contributed by atoms with van der Waals surface area (Å²) in [4.78, 5) is 21.3. The monoisotopic (exact) mass is 362 g/mol. The van der Waals surface area contributed by atoms with Crippen molar-refractivity contribution in [1.82, 2.24) is 9.97 Å². The molecule has 0 aliphatic heterocycles. The summed E-state index contributed by atoms with van der Waals surface area (Å²) in [6.07, 6.45) is 0. The maximum Gasteiger partial charge on any atom is 0.274 e. The van der Waals surface area contributed by atoms with Crippen molar-refractivity contribution in [3.05, 3.63) is 77.2 Å². The van der Waals surface area contributed by atoms with Gasteiger partial charge in [-0.1, -0.05) is 36.4 Å². The first-order chi connectivity index (χ1) is 13.1. The number of aryl methyl sites for hydroxylation is 2. The summed E-state index contributed by atoms with van der Waals surface area (Å²) < 4.78 is 5.27. The van der Waals surface area contributed by atoms with Crippen LogP contribution in [0.2, 0.25) is 0 Å². The first-order valence-corrected chi connectivity index (χ1v) is 8.65. The van der Waals surface area contributed by atoms with E-state index in [9.17, 15) is 4.79 Å². The molecule has 0 saturated heterocycles. The van der Waals surface area contributed by atoms with E-state index >= 15 is 0 Å². The molecule has 0 radical (unpaired) electrons. The molecule has 6 nitrogen and oxygen atoms in total. The maximum atomic E-state index is 12.6. The largest absolute Gasteiger partial charge is 0.495 e. The number of hydrogen-bond acceptors (Lipinski definition) is 5. The Morgan fingerprint density at radius 2 is 1.78 bits per heavy atom. The summed E-state index contributed by atoms with van der Waals surface area (Å²) in [6.45, 7) is 4.45. The number of carbonyl (C=O) groups is 1. The highest BCUT2D eigenvalue weighted by atomic mass is 16.5. The van der Waals surface area contributed by atoms with Gasteiger partial charge in [0.1, 0.15) is 23.1 Å². The normalized spacial score (nSPS) is 10.3. The molecule has 0 fully saturated rings. The van der Waals surface area contributed by atoms with Crippen LogP contribution in [0.15, 0.2) is 54.6 Å². The Balaban J connectivity index is 1.76. The van der Waals surface area contributed by atoms with Crippen molar-refractivity contribution in [2.75, 3.05) is 17.7 Å². The van der Waals surface area contributed by atoms with E-state index in [-0.39, 0.29) is 5.91 Å². The SMILES string of the molecule is COc1ccccc1NC(=O)c1cc(NCc2ccccc2C)nc(C)n1. The fourth-order valence-electron chi connectivity index (χ4n) is 2.70. The van der Waals surface area contributed by atoms with Crippen LogP contribution in [0, 0.1) is 13.8 Å². The summed E-state index contributed by atoms with van der Waals surface area (Å²) in [5.74, 6) is 1.41. The van der Waals surface area contributed by atoms with E-state index in [4.69, 9.17) is 4.74 Å². The van der Waals surface area contributed by atoms with Crippen molar-refractivity contribution >= 4 is 17.4 Å². The Morgan fingerprint density at radius 3 is 2.56 bits per heavy atom. The minimum absolute atomic E-state index is 0.292. The van der Waals surface area contributed by atoms with Crippen LogP contribution in [-0.2, 0) is 6.54 Å². The molecular weight excluding hydrogens is 340 g/mol. The van der Waals surface area contributed by atoms with Crippen LogP contribution < -0.4 is 15.4 Å². The average molecular weight is 362 g/mol. The molecule has 0 spiro atoms. The van der Waals surface area contributed by atoms with E-state index in [1.54, 1.807) is 32.2 Å². The van der Waals surface area contributed by atoms with Gasteiger partial charge >= 0.3 is 0 Å². The molecule has 1 heterocycles. The average Bonchev–Trinajstić information content (AvgIpc) is 2.67. The zero-order valence-electron chi connectivity index (χ0n) is 15.6. The molecule has 3 rings (SSSR count). The molecule has 0 unspecified atom stereocenters. The number of amides is 1. The van der Waals surface area contributed by atoms with Gasteiger partial charge < -0.3 is 15.4 Å². The van der Waals surface area contributed by atoms with Gasteiger partial charge in [-0.25, -0.2) is 9.97 Å². The van der Waals surface area contributed by atoms with Gasteiger partial charge in [-0.3, -0.25) is 4.79 Å². The van der Waals surface area contributed by atoms with Gasteiger partial charge in [-0.05, 0) is 37.1 Å². The van der Waals surface area contributed by atoms with Crippen molar-refractivity contribution in [2.24, 2.45) is 0 Å². The Kier molecular flexibility index (Phi) is 5.66. The standard InChI is InChI=1S/C21H22N4O2/c1-14-8-4-5-9-16(14)13-22-20-12-18(23-15(2)24-20)21(26)25-17-10-6-7-11-19(17)27-3/h4-12H,13H2,1-3H3,(H,25,26)(H,22,23,24). The highest BCUT2D eigenvalue weighted by Gasteiger charge is 2.13. The predicted molar refractivity (Wildman–Crippen MR) is 106 cm³/mol. The predicted octanol–water partition coefficient (Wildman–Crippen LogP) is 3.97. The highest BCUT2D eigenvalue weighted by Crippen LogP contribution is 2.23. The van der Waals surface area contributed by atoms with Crippen LogP contribution in [0.4, 0.5) is 11.5 Å². The number of benzene rings is 2. The van der Waals surface area contributed by atoms with Crippen molar-refractivity contribution in [1.29, 1.82) is 0 Å². The van der Waals surface area contributed by atoms with Gasteiger partial charge in [0.15, 0.2) is 0 Å². The number of rotatable bonds is 6. The fraction of sp³-hybridized carbons (Fsp3) is 0.190.